The van der Waals surface area contributed by atoms with E-state index in [1.807, 2.05) is 23.6 Å². The molecule has 2 aromatic rings. The number of nitrogens with zero attached hydrogens (tertiary/aromatic N) is 2. The van der Waals surface area contributed by atoms with Crippen molar-refractivity contribution in [3.05, 3.63) is 35.2 Å². The van der Waals surface area contributed by atoms with Crippen molar-refractivity contribution in [1.29, 1.82) is 5.26 Å². The lowest BCUT2D eigenvalue weighted by Crippen LogP contribution is -1.93. The molecule has 0 saturated heterocycles. The zero-order valence-corrected chi connectivity index (χ0v) is 12.7. The summed E-state index contributed by atoms with van der Waals surface area (Å²) in [6, 6.07) is 10.1. The molecule has 0 aliphatic heterocycles. The van der Waals surface area contributed by atoms with Crippen LogP contribution in [0, 0.1) is 17.2 Å². The molecule has 2 heterocycles. The van der Waals surface area contributed by atoms with Gasteiger partial charge in [-0.25, -0.2) is 4.98 Å². The molecule has 98 valence electrons. The lowest BCUT2D eigenvalue weighted by atomic mass is 10.2. The van der Waals surface area contributed by atoms with Gasteiger partial charge in [0.2, 0.25) is 0 Å². The predicted molar refractivity (Wildman–Crippen MR) is 82.4 cm³/mol. The molecule has 0 N–H and O–H groups in total. The number of rotatable bonds is 5. The van der Waals surface area contributed by atoms with E-state index in [1.165, 1.54) is 0 Å². The highest BCUT2D eigenvalue weighted by molar-refractivity contribution is 7.99. The highest BCUT2D eigenvalue weighted by Crippen LogP contribution is 2.28. The van der Waals surface area contributed by atoms with Gasteiger partial charge in [-0.2, -0.15) is 5.26 Å². The smallest absolute Gasteiger partial charge is 0.115 e. The minimum absolute atomic E-state index is 0.675. The van der Waals surface area contributed by atoms with Crippen molar-refractivity contribution < 1.29 is 0 Å². The summed E-state index contributed by atoms with van der Waals surface area (Å²) in [6.45, 7) is 4.42. The van der Waals surface area contributed by atoms with Crippen molar-refractivity contribution >= 4 is 23.1 Å². The molecule has 2 rings (SSSR count). The summed E-state index contributed by atoms with van der Waals surface area (Å²) < 4.78 is 0. The molecule has 0 aromatic carbocycles. The summed E-state index contributed by atoms with van der Waals surface area (Å²) in [5.41, 5.74) is 1.63. The number of thioether (sulfide) groups is 1. The molecule has 0 saturated carbocycles. The zero-order valence-electron chi connectivity index (χ0n) is 11.1. The molecule has 0 bridgehead atoms. The van der Waals surface area contributed by atoms with Crippen molar-refractivity contribution in [3.63, 3.8) is 0 Å². The second-order valence-electron chi connectivity index (χ2n) is 4.67. The fraction of sp³-hybridized carbons (Fsp3) is 0.333. The summed E-state index contributed by atoms with van der Waals surface area (Å²) in [7, 11) is 0. The first-order chi connectivity index (χ1) is 9.20. The second kappa shape index (κ2) is 6.74. The number of hydrogen-bond acceptors (Lipinski definition) is 4. The van der Waals surface area contributed by atoms with E-state index in [0.717, 1.165) is 27.8 Å². The Bertz CT molecular complexity index is 568. The van der Waals surface area contributed by atoms with Crippen LogP contribution in [-0.2, 0) is 0 Å². The topological polar surface area (TPSA) is 36.7 Å². The van der Waals surface area contributed by atoms with Gasteiger partial charge in [0.05, 0.1) is 16.1 Å². The first kappa shape index (κ1) is 14.1. The predicted octanol–water partition coefficient (Wildman–Crippen LogP) is 4.82. The molecular weight excluding hydrogens is 272 g/mol. The number of nitriles is 1. The lowest BCUT2D eigenvalue weighted by Gasteiger charge is -2.07. The van der Waals surface area contributed by atoms with Crippen molar-refractivity contribution in [1.82, 2.24) is 4.98 Å². The van der Waals surface area contributed by atoms with Crippen LogP contribution in [0.4, 0.5) is 0 Å². The van der Waals surface area contributed by atoms with E-state index in [0.29, 0.717) is 11.5 Å². The van der Waals surface area contributed by atoms with Crippen LogP contribution in [0.1, 0.15) is 25.8 Å². The Labute approximate surface area is 122 Å². The monoisotopic (exact) mass is 288 g/mol. The molecule has 0 fully saturated rings. The van der Waals surface area contributed by atoms with Gasteiger partial charge in [-0.15, -0.1) is 23.1 Å². The van der Waals surface area contributed by atoms with E-state index in [-0.39, 0.29) is 0 Å². The third-order valence-electron chi connectivity index (χ3n) is 2.69. The van der Waals surface area contributed by atoms with E-state index in [9.17, 15) is 0 Å². The average molecular weight is 288 g/mol. The third-order valence-corrected chi connectivity index (χ3v) is 4.61. The number of pyridine rings is 1. The first-order valence-electron chi connectivity index (χ1n) is 6.28. The number of thiophene rings is 1. The van der Waals surface area contributed by atoms with Gasteiger partial charge in [-0.05, 0) is 41.7 Å². The zero-order chi connectivity index (χ0) is 13.7. The van der Waals surface area contributed by atoms with E-state index in [1.54, 1.807) is 23.1 Å². The van der Waals surface area contributed by atoms with Gasteiger partial charge in [-0.3, -0.25) is 0 Å². The summed E-state index contributed by atoms with van der Waals surface area (Å²) >= 11 is 3.35. The number of hydrogen-bond donors (Lipinski definition) is 0. The molecule has 19 heavy (non-hydrogen) atoms. The summed E-state index contributed by atoms with van der Waals surface area (Å²) in [5.74, 6) is 1.69. The van der Waals surface area contributed by atoms with Crippen LogP contribution in [0.5, 0.6) is 0 Å². The molecule has 0 atom stereocenters. The quantitative estimate of drug-likeness (QED) is 0.740. The molecule has 2 nitrogen and oxygen atoms in total. The maximum atomic E-state index is 9.15. The van der Waals surface area contributed by atoms with Crippen molar-refractivity contribution in [2.45, 2.75) is 25.3 Å². The molecular formula is C15H16N2S2. The van der Waals surface area contributed by atoms with E-state index in [2.05, 4.69) is 31.0 Å². The first-order valence-corrected chi connectivity index (χ1v) is 8.15. The second-order valence-corrected chi connectivity index (χ2v) is 6.70. The Morgan fingerprint density at radius 3 is 2.84 bits per heavy atom. The van der Waals surface area contributed by atoms with Gasteiger partial charge in [0.1, 0.15) is 11.1 Å². The van der Waals surface area contributed by atoms with Crippen LogP contribution in [0.2, 0.25) is 0 Å². The molecule has 0 unspecified atom stereocenters. The fourth-order valence-corrected chi connectivity index (χ4v) is 3.50. The minimum atomic E-state index is 0.675. The van der Waals surface area contributed by atoms with Crippen LogP contribution in [0.3, 0.4) is 0 Å². The Kier molecular flexibility index (Phi) is 5.00. The SMILES string of the molecule is CC(C)CCSc1nc(-c2cccs2)ccc1C#N. The standard InChI is InChI=1S/C15H16N2S2/c1-11(2)7-9-19-15-12(10-16)5-6-13(17-15)14-4-3-8-18-14/h3-6,8,11H,7,9H2,1-2H3. The molecule has 0 aliphatic rings. The molecule has 0 amide bonds. The van der Waals surface area contributed by atoms with Crippen LogP contribution >= 0.6 is 23.1 Å². The van der Waals surface area contributed by atoms with Gasteiger partial charge in [0.15, 0.2) is 0 Å². The van der Waals surface area contributed by atoms with Crippen molar-refractivity contribution in [3.8, 4) is 16.6 Å². The fourth-order valence-electron chi connectivity index (χ4n) is 1.59. The maximum absolute atomic E-state index is 9.15. The van der Waals surface area contributed by atoms with E-state index in [4.69, 9.17) is 5.26 Å². The van der Waals surface area contributed by atoms with Crippen LogP contribution in [-0.4, -0.2) is 10.7 Å². The van der Waals surface area contributed by atoms with E-state index >= 15 is 0 Å². The van der Waals surface area contributed by atoms with Gasteiger partial charge >= 0.3 is 0 Å². The third kappa shape index (κ3) is 3.82. The molecule has 4 heteroatoms. The Morgan fingerprint density at radius 2 is 2.21 bits per heavy atom. The summed E-state index contributed by atoms with van der Waals surface area (Å²) in [4.78, 5) is 5.78. The van der Waals surface area contributed by atoms with Crippen LogP contribution in [0.15, 0.2) is 34.7 Å². The molecule has 0 aliphatic carbocycles. The average Bonchev–Trinajstić information content (AvgIpc) is 2.92. The molecule has 0 spiro atoms. The highest BCUT2D eigenvalue weighted by atomic mass is 32.2. The normalized spacial score (nSPS) is 10.6. The molecule has 0 radical (unpaired) electrons. The Hall–Kier alpha value is -1.31. The van der Waals surface area contributed by atoms with Crippen LogP contribution < -0.4 is 0 Å². The summed E-state index contributed by atoms with van der Waals surface area (Å²) in [6.07, 6.45) is 1.14. The van der Waals surface area contributed by atoms with Gasteiger partial charge < -0.3 is 0 Å². The van der Waals surface area contributed by atoms with Gasteiger partial charge in [0, 0.05) is 0 Å². The Morgan fingerprint density at radius 1 is 1.37 bits per heavy atom. The lowest BCUT2D eigenvalue weighted by molar-refractivity contribution is 0.632. The van der Waals surface area contributed by atoms with Gasteiger partial charge in [-0.1, -0.05) is 19.9 Å². The van der Waals surface area contributed by atoms with Crippen molar-refractivity contribution in [2.24, 2.45) is 5.92 Å². The highest BCUT2D eigenvalue weighted by Gasteiger charge is 2.08. The number of aromatic nitrogens is 1. The minimum Gasteiger partial charge on any atom is -0.239 e. The van der Waals surface area contributed by atoms with Gasteiger partial charge in [0.25, 0.3) is 0 Å². The van der Waals surface area contributed by atoms with Crippen molar-refractivity contribution in [2.75, 3.05) is 5.75 Å². The Balaban J connectivity index is 2.20. The van der Waals surface area contributed by atoms with Crippen LogP contribution in [0.25, 0.3) is 10.6 Å². The maximum Gasteiger partial charge on any atom is 0.115 e. The van der Waals surface area contributed by atoms with E-state index < -0.39 is 0 Å². The molecule has 2 aromatic heterocycles. The largest absolute Gasteiger partial charge is 0.239 e. The summed E-state index contributed by atoms with van der Waals surface area (Å²) in [5, 5.41) is 12.0.